The number of ether oxygens (including phenoxy) is 1. The second-order valence-corrected chi connectivity index (χ2v) is 8.98. The molecule has 0 aliphatic heterocycles. The van der Waals surface area contributed by atoms with E-state index in [0.717, 1.165) is 17.0 Å². The largest absolute Gasteiger partial charge is 0.453 e. The Bertz CT molecular complexity index is 1070. The zero-order valence-electron chi connectivity index (χ0n) is 16.2. The minimum atomic E-state index is -3.74. The topological polar surface area (TPSA) is 102 Å². The molecule has 0 aliphatic rings. The maximum atomic E-state index is 12.8. The first-order valence-electron chi connectivity index (χ1n) is 8.79. The number of nitrogens with zero attached hydrogens (tertiary/aromatic N) is 2. The molecule has 0 saturated heterocycles. The highest BCUT2D eigenvalue weighted by atomic mass is 32.2. The highest BCUT2D eigenvalue weighted by Gasteiger charge is 2.22. The predicted molar refractivity (Wildman–Crippen MR) is 112 cm³/mol. The Kier molecular flexibility index (Phi) is 6.36. The summed E-state index contributed by atoms with van der Waals surface area (Å²) in [7, 11) is -2.49. The number of sulfonamides is 1. The number of carbonyl (C=O) groups excluding carboxylic acids is 1. The summed E-state index contributed by atoms with van der Waals surface area (Å²) in [5.74, 6) is 0. The molecule has 2 aromatic heterocycles. The van der Waals surface area contributed by atoms with Crippen molar-refractivity contribution in [3.8, 4) is 0 Å². The van der Waals surface area contributed by atoms with Crippen molar-refractivity contribution < 1.29 is 17.9 Å². The second kappa shape index (κ2) is 8.76. The molecule has 1 aromatic carbocycles. The molecule has 0 saturated carbocycles. The predicted octanol–water partition coefficient (Wildman–Crippen LogP) is 3.31. The summed E-state index contributed by atoms with van der Waals surface area (Å²) in [4.78, 5) is 11.3. The van der Waals surface area contributed by atoms with Gasteiger partial charge in [0.2, 0.25) is 10.0 Å². The van der Waals surface area contributed by atoms with Crippen LogP contribution in [0.15, 0.2) is 52.1 Å². The molecule has 0 bridgehead atoms. The Morgan fingerprint density at radius 2 is 1.97 bits per heavy atom. The fourth-order valence-corrected chi connectivity index (χ4v) is 4.68. The summed E-state index contributed by atoms with van der Waals surface area (Å²) < 4.78 is 34.6. The van der Waals surface area contributed by atoms with Gasteiger partial charge in [-0.25, -0.2) is 17.9 Å². The van der Waals surface area contributed by atoms with E-state index in [4.69, 9.17) is 0 Å². The van der Waals surface area contributed by atoms with Crippen LogP contribution in [0.25, 0.3) is 0 Å². The quantitative estimate of drug-likeness (QED) is 0.594. The zero-order chi connectivity index (χ0) is 21.0. The van der Waals surface area contributed by atoms with Crippen LogP contribution >= 0.6 is 11.3 Å². The Morgan fingerprint density at radius 3 is 2.52 bits per heavy atom. The van der Waals surface area contributed by atoms with E-state index in [1.54, 1.807) is 11.3 Å². The average molecular weight is 435 g/mol. The van der Waals surface area contributed by atoms with E-state index >= 15 is 0 Å². The smallest absolute Gasteiger partial charge is 0.411 e. The van der Waals surface area contributed by atoms with Crippen molar-refractivity contribution in [3.63, 3.8) is 0 Å². The van der Waals surface area contributed by atoms with Crippen LogP contribution in [0.2, 0.25) is 0 Å². The number of hydrogen-bond donors (Lipinski definition) is 2. The number of amides is 1. The molecule has 0 unspecified atom stereocenters. The van der Waals surface area contributed by atoms with Crippen LogP contribution in [0.5, 0.6) is 0 Å². The Morgan fingerprint density at radius 1 is 1.24 bits per heavy atom. The van der Waals surface area contributed by atoms with Crippen LogP contribution in [0, 0.1) is 13.8 Å². The number of anilines is 1. The summed E-state index contributed by atoms with van der Waals surface area (Å²) in [6.07, 6.45) is -0.623. The third-order valence-corrected chi connectivity index (χ3v) is 6.47. The van der Waals surface area contributed by atoms with Gasteiger partial charge in [0.1, 0.15) is 0 Å². The first-order chi connectivity index (χ1) is 13.8. The standard InChI is InChI=1S/C19H22N4O4S2/c1-13-10-14(2)23(22-13)18(15-8-9-28-12-15)11-20-29(25,26)17-6-4-16(5-7-17)21-19(24)27-3/h4-10,12,18,20H,11H2,1-3H3,(H,21,24)/t18-/m0/s1. The van der Waals surface area contributed by atoms with E-state index in [2.05, 4.69) is 19.9 Å². The SMILES string of the molecule is COC(=O)Nc1ccc(S(=O)(=O)NC[C@@H](c2ccsc2)n2nc(C)cc2C)cc1. The minimum absolute atomic E-state index is 0.102. The number of benzene rings is 1. The molecule has 8 nitrogen and oxygen atoms in total. The summed E-state index contributed by atoms with van der Waals surface area (Å²) in [5, 5.41) is 10.9. The molecule has 0 radical (unpaired) electrons. The maximum absolute atomic E-state index is 12.8. The number of aryl methyl sites for hydroxylation is 2. The minimum Gasteiger partial charge on any atom is -0.453 e. The lowest BCUT2D eigenvalue weighted by molar-refractivity contribution is 0.187. The molecule has 3 rings (SSSR count). The molecule has 29 heavy (non-hydrogen) atoms. The van der Waals surface area contributed by atoms with Gasteiger partial charge in [-0.2, -0.15) is 16.4 Å². The van der Waals surface area contributed by atoms with Gasteiger partial charge in [-0.05, 0) is 66.6 Å². The normalized spacial score (nSPS) is 12.5. The number of carbonyl (C=O) groups is 1. The summed E-state index contributed by atoms with van der Waals surface area (Å²) >= 11 is 1.55. The van der Waals surface area contributed by atoms with Crippen molar-refractivity contribution in [3.05, 3.63) is 64.1 Å². The van der Waals surface area contributed by atoms with Crippen LogP contribution in [0.1, 0.15) is 23.0 Å². The van der Waals surface area contributed by atoms with Gasteiger partial charge >= 0.3 is 6.09 Å². The number of nitrogens with one attached hydrogen (secondary N) is 2. The third-order valence-electron chi connectivity index (χ3n) is 4.33. The number of aromatic nitrogens is 2. The summed E-state index contributed by atoms with van der Waals surface area (Å²) in [5.41, 5.74) is 3.26. The van der Waals surface area contributed by atoms with E-state index in [1.165, 1.54) is 31.4 Å². The number of rotatable bonds is 7. The van der Waals surface area contributed by atoms with Crippen molar-refractivity contribution >= 4 is 33.1 Å². The van der Waals surface area contributed by atoms with Gasteiger partial charge in [0.05, 0.1) is 23.7 Å². The van der Waals surface area contributed by atoms with Crippen molar-refractivity contribution in [1.82, 2.24) is 14.5 Å². The molecular formula is C19H22N4O4S2. The van der Waals surface area contributed by atoms with Gasteiger partial charge in [0.15, 0.2) is 0 Å². The van der Waals surface area contributed by atoms with Crippen molar-refractivity contribution in [2.24, 2.45) is 0 Å². The van der Waals surface area contributed by atoms with Crippen molar-refractivity contribution in [1.29, 1.82) is 0 Å². The van der Waals surface area contributed by atoms with Gasteiger partial charge in [-0.1, -0.05) is 0 Å². The van der Waals surface area contributed by atoms with Gasteiger partial charge in [-0.15, -0.1) is 0 Å². The molecule has 0 spiro atoms. The number of methoxy groups -OCH3 is 1. The van der Waals surface area contributed by atoms with E-state index in [-0.39, 0.29) is 17.5 Å². The zero-order valence-corrected chi connectivity index (χ0v) is 17.9. The molecule has 154 valence electrons. The Hall–Kier alpha value is -2.69. The number of thiophene rings is 1. The molecule has 0 aliphatic carbocycles. The fraction of sp³-hybridized carbons (Fsp3) is 0.263. The first kappa shape index (κ1) is 21.0. The Balaban J connectivity index is 1.78. The maximum Gasteiger partial charge on any atom is 0.411 e. The van der Waals surface area contributed by atoms with Gasteiger partial charge in [-0.3, -0.25) is 10.00 Å². The van der Waals surface area contributed by atoms with Crippen LogP contribution < -0.4 is 10.0 Å². The molecule has 2 N–H and O–H groups in total. The average Bonchev–Trinajstić information content (AvgIpc) is 3.32. The summed E-state index contributed by atoms with van der Waals surface area (Å²) in [6, 6.07) is 9.53. The molecule has 1 amide bonds. The molecular weight excluding hydrogens is 412 g/mol. The molecule has 1 atom stereocenters. The molecule has 0 fully saturated rings. The van der Waals surface area contributed by atoms with Gasteiger partial charge in [0, 0.05) is 17.9 Å². The Labute approximate surface area is 173 Å². The molecule has 10 heteroatoms. The van der Waals surface area contributed by atoms with E-state index in [1.807, 2.05) is 41.4 Å². The number of hydrogen-bond acceptors (Lipinski definition) is 6. The summed E-state index contributed by atoms with van der Waals surface area (Å²) in [6.45, 7) is 4.01. The van der Waals surface area contributed by atoms with Crippen LogP contribution in [0.3, 0.4) is 0 Å². The van der Waals surface area contributed by atoms with E-state index < -0.39 is 16.1 Å². The van der Waals surface area contributed by atoms with Gasteiger partial charge in [0.25, 0.3) is 0 Å². The second-order valence-electron chi connectivity index (χ2n) is 6.44. The first-order valence-corrected chi connectivity index (χ1v) is 11.2. The van der Waals surface area contributed by atoms with Crippen molar-refractivity contribution in [2.75, 3.05) is 19.0 Å². The fourth-order valence-electron chi connectivity index (χ4n) is 2.93. The lowest BCUT2D eigenvalue weighted by Crippen LogP contribution is -2.32. The van der Waals surface area contributed by atoms with Crippen molar-refractivity contribution in [2.45, 2.75) is 24.8 Å². The van der Waals surface area contributed by atoms with Gasteiger partial charge < -0.3 is 4.74 Å². The van der Waals surface area contributed by atoms with Crippen LogP contribution in [-0.4, -0.2) is 37.9 Å². The lowest BCUT2D eigenvalue weighted by atomic mass is 10.1. The third kappa shape index (κ3) is 5.03. The lowest BCUT2D eigenvalue weighted by Gasteiger charge is -2.19. The molecule has 3 aromatic rings. The molecule has 2 heterocycles. The highest BCUT2D eigenvalue weighted by Crippen LogP contribution is 2.23. The van der Waals surface area contributed by atoms with E-state index in [0.29, 0.717) is 5.69 Å². The van der Waals surface area contributed by atoms with Crippen LogP contribution in [-0.2, 0) is 14.8 Å². The van der Waals surface area contributed by atoms with E-state index in [9.17, 15) is 13.2 Å². The van der Waals surface area contributed by atoms with Crippen LogP contribution in [0.4, 0.5) is 10.5 Å². The monoisotopic (exact) mass is 434 g/mol. The highest BCUT2D eigenvalue weighted by molar-refractivity contribution is 7.89.